The highest BCUT2D eigenvalue weighted by molar-refractivity contribution is 7.14. The molecule has 0 saturated carbocycles. The van der Waals surface area contributed by atoms with E-state index >= 15 is 0 Å². The number of hydrogen-bond donors (Lipinski definition) is 2. The minimum Gasteiger partial charge on any atom is -0.478 e. The van der Waals surface area contributed by atoms with Gasteiger partial charge >= 0.3 is 5.97 Å². The number of hydrogen-bond acceptors (Lipinski definition) is 6. The average Bonchev–Trinajstić information content (AvgIpc) is 3.30. The van der Waals surface area contributed by atoms with Crippen molar-refractivity contribution in [2.24, 2.45) is 0 Å². The first-order valence-corrected chi connectivity index (χ1v) is 8.49. The number of benzene rings is 2. The van der Waals surface area contributed by atoms with Gasteiger partial charge in [0.15, 0.2) is 16.6 Å². The van der Waals surface area contributed by atoms with Gasteiger partial charge in [-0.15, -0.1) is 11.3 Å². The van der Waals surface area contributed by atoms with Crippen LogP contribution in [0.4, 0.5) is 5.13 Å². The minimum absolute atomic E-state index is 0.0578. The zero-order valence-electron chi connectivity index (χ0n) is 13.3. The molecule has 0 spiro atoms. The number of nitrogens with one attached hydrogen (secondary N) is 1. The molecule has 2 N–H and O–H groups in total. The van der Waals surface area contributed by atoms with Crippen LogP contribution in [0.5, 0.6) is 11.5 Å². The van der Waals surface area contributed by atoms with E-state index in [0.29, 0.717) is 22.3 Å². The van der Waals surface area contributed by atoms with E-state index in [1.165, 1.54) is 23.5 Å². The lowest BCUT2D eigenvalue weighted by Crippen LogP contribution is -2.16. The Balaban J connectivity index is 1.56. The molecule has 2 aromatic carbocycles. The van der Waals surface area contributed by atoms with E-state index in [2.05, 4.69) is 10.3 Å². The smallest absolute Gasteiger partial charge is 0.336 e. The summed E-state index contributed by atoms with van der Waals surface area (Å²) >= 11 is 1.25. The Hall–Kier alpha value is -3.39. The van der Waals surface area contributed by atoms with Gasteiger partial charge in [-0.25, -0.2) is 9.78 Å². The van der Waals surface area contributed by atoms with Crippen molar-refractivity contribution in [1.82, 2.24) is 4.98 Å². The van der Waals surface area contributed by atoms with Gasteiger partial charge in [-0.1, -0.05) is 12.1 Å². The molecule has 0 aliphatic carbocycles. The van der Waals surface area contributed by atoms with Crippen molar-refractivity contribution in [1.29, 1.82) is 0 Å². The number of nitrogens with zero attached hydrogens (tertiary/aromatic N) is 1. The van der Waals surface area contributed by atoms with Crippen LogP contribution in [-0.4, -0.2) is 28.8 Å². The summed E-state index contributed by atoms with van der Waals surface area (Å²) in [5.74, 6) is -0.343. The second kappa shape index (κ2) is 6.49. The molecule has 1 aliphatic heterocycles. The average molecular weight is 368 g/mol. The quantitative estimate of drug-likeness (QED) is 0.732. The third kappa shape index (κ3) is 2.98. The lowest BCUT2D eigenvalue weighted by molar-refractivity contribution is 0.0692. The Morgan fingerprint density at radius 1 is 1.08 bits per heavy atom. The number of amides is 1. The summed E-state index contributed by atoms with van der Waals surface area (Å²) in [5.41, 5.74) is 1.53. The highest BCUT2D eigenvalue weighted by atomic mass is 32.1. The third-order valence-corrected chi connectivity index (χ3v) is 4.55. The number of aromatic carboxylic acids is 1. The first-order valence-electron chi connectivity index (χ1n) is 7.61. The van der Waals surface area contributed by atoms with E-state index in [1.807, 2.05) is 12.1 Å². The summed E-state index contributed by atoms with van der Waals surface area (Å²) < 4.78 is 10.6. The molecule has 2 heterocycles. The van der Waals surface area contributed by atoms with Crippen LogP contribution in [0.1, 0.15) is 20.7 Å². The molecule has 1 amide bonds. The molecule has 1 aromatic heterocycles. The number of anilines is 1. The van der Waals surface area contributed by atoms with Gasteiger partial charge in [0.1, 0.15) is 0 Å². The molecule has 7 nitrogen and oxygen atoms in total. The second-order valence-electron chi connectivity index (χ2n) is 5.41. The van der Waals surface area contributed by atoms with Gasteiger partial charge in [0, 0.05) is 10.9 Å². The topological polar surface area (TPSA) is 97.8 Å². The highest BCUT2D eigenvalue weighted by Gasteiger charge is 2.18. The molecule has 4 rings (SSSR count). The van der Waals surface area contributed by atoms with E-state index in [9.17, 15) is 14.7 Å². The van der Waals surface area contributed by atoms with Gasteiger partial charge in [0.2, 0.25) is 6.79 Å². The molecular weight excluding hydrogens is 356 g/mol. The van der Waals surface area contributed by atoms with Crippen molar-refractivity contribution in [2.45, 2.75) is 0 Å². The number of aromatic nitrogens is 1. The number of carboxylic acid groups (broad SMARTS) is 1. The standard InChI is InChI=1S/C18H12N2O5S/c21-16(11-3-1-2-4-12(11)17(22)23)20-18-19-13(8-26-18)10-5-6-14-15(7-10)25-9-24-14/h1-8H,9H2,(H,22,23)(H,19,20,21). The van der Waals surface area contributed by atoms with Gasteiger partial charge in [-0.05, 0) is 30.3 Å². The number of thiazole rings is 1. The van der Waals surface area contributed by atoms with Crippen LogP contribution < -0.4 is 14.8 Å². The number of carbonyl (C=O) groups is 2. The first kappa shape index (κ1) is 16.1. The molecule has 0 unspecified atom stereocenters. The number of fused-ring (bicyclic) bond motifs is 1. The number of carboxylic acids is 1. The Morgan fingerprint density at radius 2 is 1.85 bits per heavy atom. The van der Waals surface area contributed by atoms with Crippen LogP contribution in [-0.2, 0) is 0 Å². The first-order chi connectivity index (χ1) is 12.6. The van der Waals surface area contributed by atoms with Crippen molar-refractivity contribution >= 4 is 28.3 Å². The number of ether oxygens (including phenoxy) is 2. The fraction of sp³-hybridized carbons (Fsp3) is 0.0556. The number of rotatable bonds is 4. The normalized spacial score (nSPS) is 12.0. The Morgan fingerprint density at radius 3 is 2.65 bits per heavy atom. The van der Waals surface area contributed by atoms with E-state index in [4.69, 9.17) is 9.47 Å². The van der Waals surface area contributed by atoms with Crippen molar-refractivity contribution in [3.05, 3.63) is 59.0 Å². The van der Waals surface area contributed by atoms with Gasteiger partial charge in [0.05, 0.1) is 16.8 Å². The van der Waals surface area contributed by atoms with Crippen LogP contribution in [0.25, 0.3) is 11.3 Å². The molecule has 0 atom stereocenters. The lowest BCUT2D eigenvalue weighted by atomic mass is 10.1. The van der Waals surface area contributed by atoms with Crippen molar-refractivity contribution in [3.63, 3.8) is 0 Å². The van der Waals surface area contributed by atoms with Crippen LogP contribution in [0.15, 0.2) is 47.8 Å². The van der Waals surface area contributed by atoms with Gasteiger partial charge < -0.3 is 14.6 Å². The zero-order chi connectivity index (χ0) is 18.1. The van der Waals surface area contributed by atoms with E-state index in [1.54, 1.807) is 23.6 Å². The summed E-state index contributed by atoms with van der Waals surface area (Å²) in [6, 6.07) is 11.5. The summed E-state index contributed by atoms with van der Waals surface area (Å²) in [4.78, 5) is 28.0. The lowest BCUT2D eigenvalue weighted by Gasteiger charge is -2.05. The van der Waals surface area contributed by atoms with E-state index in [-0.39, 0.29) is 17.9 Å². The molecule has 0 bridgehead atoms. The molecule has 0 saturated heterocycles. The second-order valence-corrected chi connectivity index (χ2v) is 6.27. The van der Waals surface area contributed by atoms with Crippen LogP contribution in [0.3, 0.4) is 0 Å². The van der Waals surface area contributed by atoms with Crippen LogP contribution in [0.2, 0.25) is 0 Å². The van der Waals surface area contributed by atoms with Crippen molar-refractivity contribution < 1.29 is 24.2 Å². The maximum atomic E-state index is 12.4. The summed E-state index contributed by atoms with van der Waals surface area (Å²) in [5, 5.41) is 14.0. The SMILES string of the molecule is O=C(O)c1ccccc1C(=O)Nc1nc(-c2ccc3c(c2)OCO3)cs1. The zero-order valence-corrected chi connectivity index (χ0v) is 14.1. The fourth-order valence-electron chi connectivity index (χ4n) is 2.55. The van der Waals surface area contributed by atoms with Gasteiger partial charge in [0.25, 0.3) is 5.91 Å². The Labute approximate surface area is 151 Å². The maximum absolute atomic E-state index is 12.4. The molecular formula is C18H12N2O5S. The molecule has 0 fully saturated rings. The molecule has 26 heavy (non-hydrogen) atoms. The predicted molar refractivity (Wildman–Crippen MR) is 95.0 cm³/mol. The summed E-state index contributed by atoms with van der Waals surface area (Å²) in [7, 11) is 0. The van der Waals surface area contributed by atoms with Crippen LogP contribution in [0, 0.1) is 0 Å². The van der Waals surface area contributed by atoms with Crippen molar-refractivity contribution in [3.8, 4) is 22.8 Å². The molecule has 8 heteroatoms. The largest absolute Gasteiger partial charge is 0.478 e. The molecule has 3 aromatic rings. The summed E-state index contributed by atoms with van der Waals surface area (Å²) in [6.07, 6.45) is 0. The molecule has 1 aliphatic rings. The van der Waals surface area contributed by atoms with E-state index in [0.717, 1.165) is 5.56 Å². The highest BCUT2D eigenvalue weighted by Crippen LogP contribution is 2.36. The predicted octanol–water partition coefficient (Wildman–Crippen LogP) is 3.49. The third-order valence-electron chi connectivity index (χ3n) is 3.80. The minimum atomic E-state index is -1.16. The Kier molecular flexibility index (Phi) is 4.02. The van der Waals surface area contributed by atoms with Gasteiger partial charge in [-0.2, -0.15) is 0 Å². The fourth-order valence-corrected chi connectivity index (χ4v) is 3.27. The Bertz CT molecular complexity index is 1010. The maximum Gasteiger partial charge on any atom is 0.336 e. The summed E-state index contributed by atoms with van der Waals surface area (Å²) in [6.45, 7) is 0.195. The molecule has 130 valence electrons. The molecule has 0 radical (unpaired) electrons. The van der Waals surface area contributed by atoms with E-state index < -0.39 is 11.9 Å². The van der Waals surface area contributed by atoms with Crippen molar-refractivity contribution in [2.75, 3.05) is 12.1 Å². The van der Waals surface area contributed by atoms with Gasteiger partial charge in [-0.3, -0.25) is 10.1 Å². The monoisotopic (exact) mass is 368 g/mol. The van der Waals surface area contributed by atoms with Crippen LogP contribution >= 0.6 is 11.3 Å². The number of carbonyl (C=O) groups excluding carboxylic acids is 1.